The van der Waals surface area contributed by atoms with Crippen LogP contribution in [0, 0.1) is 0 Å². The number of benzene rings is 3. The van der Waals surface area contributed by atoms with Crippen LogP contribution in [0.2, 0.25) is 15.1 Å². The van der Waals surface area contributed by atoms with E-state index in [4.69, 9.17) is 34.8 Å². The molecule has 3 aromatic carbocycles. The standard InChI is InChI=1S/C28H29Cl3N2O2/c1-2-3-15-32-28(35)26(17-20-9-5-4-6-10-20)33(19-22-11-7-8-12-23(22)29)27(34)18-21-13-14-24(30)25(31)16-21/h4-14,16,26H,2-3,15,17-19H2,1H3,(H,32,35)/t26-/m1/s1. The molecule has 0 heterocycles. The number of hydrogen-bond acceptors (Lipinski definition) is 2. The lowest BCUT2D eigenvalue weighted by atomic mass is 10.0. The number of nitrogens with zero attached hydrogens (tertiary/aromatic N) is 1. The Bertz CT molecular complexity index is 1140. The average Bonchev–Trinajstić information content (AvgIpc) is 2.85. The van der Waals surface area contributed by atoms with Crippen LogP contribution in [0.25, 0.3) is 0 Å². The first kappa shape index (κ1) is 27.1. The summed E-state index contributed by atoms with van der Waals surface area (Å²) < 4.78 is 0. The molecule has 2 amide bonds. The Kier molecular flexibility index (Phi) is 10.5. The number of unbranched alkanes of at least 4 members (excludes halogenated alkanes) is 1. The minimum absolute atomic E-state index is 0.0782. The molecule has 0 unspecified atom stereocenters. The van der Waals surface area contributed by atoms with Gasteiger partial charge in [0.05, 0.1) is 16.5 Å². The van der Waals surface area contributed by atoms with Crippen molar-refractivity contribution in [3.63, 3.8) is 0 Å². The molecule has 0 bridgehead atoms. The van der Waals surface area contributed by atoms with Gasteiger partial charge < -0.3 is 10.2 Å². The van der Waals surface area contributed by atoms with Crippen LogP contribution in [0.5, 0.6) is 0 Å². The molecule has 0 radical (unpaired) electrons. The smallest absolute Gasteiger partial charge is 0.243 e. The number of carbonyl (C=O) groups is 2. The van der Waals surface area contributed by atoms with Gasteiger partial charge in [0.15, 0.2) is 0 Å². The summed E-state index contributed by atoms with van der Waals surface area (Å²) in [6.07, 6.45) is 2.29. The molecule has 0 saturated carbocycles. The first-order valence-electron chi connectivity index (χ1n) is 11.7. The highest BCUT2D eigenvalue weighted by atomic mass is 35.5. The highest BCUT2D eigenvalue weighted by molar-refractivity contribution is 6.42. The van der Waals surface area contributed by atoms with E-state index in [1.807, 2.05) is 48.5 Å². The second-order valence-electron chi connectivity index (χ2n) is 8.39. The van der Waals surface area contributed by atoms with Crippen molar-refractivity contribution >= 4 is 46.6 Å². The fourth-order valence-electron chi connectivity index (χ4n) is 3.80. The van der Waals surface area contributed by atoms with Crippen LogP contribution in [0.3, 0.4) is 0 Å². The molecule has 0 aliphatic carbocycles. The van der Waals surface area contributed by atoms with Crippen LogP contribution < -0.4 is 5.32 Å². The Balaban J connectivity index is 1.96. The quantitative estimate of drug-likeness (QED) is 0.278. The Morgan fingerprint density at radius 2 is 1.57 bits per heavy atom. The predicted molar refractivity (Wildman–Crippen MR) is 144 cm³/mol. The van der Waals surface area contributed by atoms with E-state index >= 15 is 0 Å². The highest BCUT2D eigenvalue weighted by Gasteiger charge is 2.30. The van der Waals surface area contributed by atoms with Gasteiger partial charge in [-0.3, -0.25) is 9.59 Å². The Morgan fingerprint density at radius 3 is 2.26 bits per heavy atom. The second kappa shape index (κ2) is 13.5. The summed E-state index contributed by atoms with van der Waals surface area (Å²) in [5.41, 5.74) is 2.46. The minimum Gasteiger partial charge on any atom is -0.354 e. The van der Waals surface area contributed by atoms with Crippen LogP contribution in [-0.4, -0.2) is 29.3 Å². The summed E-state index contributed by atoms with van der Waals surface area (Å²) in [5.74, 6) is -0.383. The van der Waals surface area contributed by atoms with Crippen molar-refractivity contribution in [2.24, 2.45) is 0 Å². The first-order valence-corrected chi connectivity index (χ1v) is 12.8. The van der Waals surface area contributed by atoms with E-state index in [0.717, 1.165) is 29.5 Å². The van der Waals surface area contributed by atoms with Crippen molar-refractivity contribution in [2.45, 2.75) is 45.2 Å². The molecule has 184 valence electrons. The fourth-order valence-corrected chi connectivity index (χ4v) is 4.31. The summed E-state index contributed by atoms with van der Waals surface area (Å²) in [5, 5.41) is 4.37. The molecule has 3 rings (SSSR count). The summed E-state index contributed by atoms with van der Waals surface area (Å²) in [6, 6.07) is 21.5. The zero-order valence-corrected chi connectivity index (χ0v) is 21.9. The van der Waals surface area contributed by atoms with Gasteiger partial charge in [-0.15, -0.1) is 0 Å². The average molecular weight is 532 g/mol. The van der Waals surface area contributed by atoms with Crippen molar-refractivity contribution < 1.29 is 9.59 Å². The van der Waals surface area contributed by atoms with Gasteiger partial charge in [0.1, 0.15) is 6.04 Å². The third kappa shape index (κ3) is 7.99. The zero-order chi connectivity index (χ0) is 25.2. The minimum atomic E-state index is -0.708. The molecule has 0 aliphatic heterocycles. The van der Waals surface area contributed by atoms with Crippen LogP contribution in [0.4, 0.5) is 0 Å². The molecular weight excluding hydrogens is 503 g/mol. The monoisotopic (exact) mass is 530 g/mol. The first-order chi connectivity index (χ1) is 16.9. The fraction of sp³-hybridized carbons (Fsp3) is 0.286. The predicted octanol–water partition coefficient (Wildman–Crippen LogP) is 6.75. The van der Waals surface area contributed by atoms with E-state index in [2.05, 4.69) is 12.2 Å². The van der Waals surface area contributed by atoms with Crippen molar-refractivity contribution in [3.8, 4) is 0 Å². The Hall–Kier alpha value is -2.53. The molecule has 1 N–H and O–H groups in total. The highest BCUT2D eigenvalue weighted by Crippen LogP contribution is 2.25. The maximum atomic E-state index is 13.7. The van der Waals surface area contributed by atoms with Crippen LogP contribution in [0.1, 0.15) is 36.5 Å². The Morgan fingerprint density at radius 1 is 0.857 bits per heavy atom. The van der Waals surface area contributed by atoms with E-state index in [9.17, 15) is 9.59 Å². The number of amides is 2. The molecule has 1 atom stereocenters. The summed E-state index contributed by atoms with van der Waals surface area (Å²) in [7, 11) is 0. The number of halogens is 3. The van der Waals surface area contributed by atoms with E-state index < -0.39 is 6.04 Å². The van der Waals surface area contributed by atoms with Crippen molar-refractivity contribution in [1.82, 2.24) is 10.2 Å². The summed E-state index contributed by atoms with van der Waals surface area (Å²) in [6.45, 7) is 2.83. The lowest BCUT2D eigenvalue weighted by Gasteiger charge is -2.32. The van der Waals surface area contributed by atoms with Gasteiger partial charge in [-0.25, -0.2) is 0 Å². The lowest BCUT2D eigenvalue weighted by Crippen LogP contribution is -2.51. The van der Waals surface area contributed by atoms with Gasteiger partial charge >= 0.3 is 0 Å². The van der Waals surface area contributed by atoms with Gasteiger partial charge in [-0.1, -0.05) is 103 Å². The van der Waals surface area contributed by atoms with Gasteiger partial charge in [0, 0.05) is 24.5 Å². The summed E-state index contributed by atoms with van der Waals surface area (Å²) in [4.78, 5) is 28.8. The molecule has 35 heavy (non-hydrogen) atoms. The molecule has 4 nitrogen and oxygen atoms in total. The molecule has 7 heteroatoms. The number of carbonyl (C=O) groups excluding carboxylic acids is 2. The maximum Gasteiger partial charge on any atom is 0.243 e. The topological polar surface area (TPSA) is 49.4 Å². The number of rotatable bonds is 11. The van der Waals surface area contributed by atoms with Crippen molar-refractivity contribution in [1.29, 1.82) is 0 Å². The summed E-state index contributed by atoms with van der Waals surface area (Å²) >= 11 is 18.7. The normalized spacial score (nSPS) is 11.7. The van der Waals surface area contributed by atoms with Crippen LogP contribution in [0.15, 0.2) is 72.8 Å². The van der Waals surface area contributed by atoms with E-state index in [0.29, 0.717) is 28.0 Å². The van der Waals surface area contributed by atoms with Crippen molar-refractivity contribution in [3.05, 3.63) is 105 Å². The maximum absolute atomic E-state index is 13.7. The SMILES string of the molecule is CCCCNC(=O)[C@@H](Cc1ccccc1)N(Cc1ccccc1Cl)C(=O)Cc1ccc(Cl)c(Cl)c1. The third-order valence-electron chi connectivity index (χ3n) is 5.74. The molecule has 3 aromatic rings. The second-order valence-corrected chi connectivity index (χ2v) is 9.61. The van der Waals surface area contributed by atoms with Gasteiger partial charge in [-0.2, -0.15) is 0 Å². The molecule has 0 spiro atoms. The largest absolute Gasteiger partial charge is 0.354 e. The van der Waals surface area contributed by atoms with Crippen molar-refractivity contribution in [2.75, 3.05) is 6.54 Å². The molecule has 0 fully saturated rings. The van der Waals surface area contributed by atoms with E-state index in [1.54, 1.807) is 29.2 Å². The van der Waals surface area contributed by atoms with Crippen LogP contribution >= 0.6 is 34.8 Å². The van der Waals surface area contributed by atoms with E-state index in [-0.39, 0.29) is 24.8 Å². The zero-order valence-electron chi connectivity index (χ0n) is 19.6. The number of hydrogen-bond donors (Lipinski definition) is 1. The van der Waals surface area contributed by atoms with E-state index in [1.165, 1.54) is 0 Å². The van der Waals surface area contributed by atoms with Gasteiger partial charge in [0.25, 0.3) is 0 Å². The Labute approximate surface area is 222 Å². The van der Waals surface area contributed by atoms with Gasteiger partial charge in [-0.05, 0) is 41.3 Å². The van der Waals surface area contributed by atoms with Crippen LogP contribution in [-0.2, 0) is 29.0 Å². The molecule has 0 aromatic heterocycles. The molecular formula is C28H29Cl3N2O2. The third-order valence-corrected chi connectivity index (χ3v) is 6.85. The number of nitrogens with one attached hydrogen (secondary N) is 1. The lowest BCUT2D eigenvalue weighted by molar-refractivity contribution is -0.140. The van der Waals surface area contributed by atoms with Gasteiger partial charge in [0.2, 0.25) is 11.8 Å². The molecule has 0 saturated heterocycles. The molecule has 0 aliphatic rings.